The monoisotopic (exact) mass is 591 g/mol. The molecule has 3 N–H and O–H groups in total. The molecular formula is C30H38FN9O3. The van der Waals surface area contributed by atoms with Gasteiger partial charge in [0.2, 0.25) is 5.91 Å². The zero-order chi connectivity index (χ0) is 29.6. The van der Waals surface area contributed by atoms with E-state index in [1.165, 1.54) is 6.07 Å². The first-order valence-corrected chi connectivity index (χ1v) is 15.2. The van der Waals surface area contributed by atoms with Crippen LogP contribution in [-0.4, -0.2) is 111 Å². The lowest BCUT2D eigenvalue weighted by Crippen LogP contribution is -2.64. The molecule has 0 bridgehead atoms. The maximum absolute atomic E-state index is 15.4. The number of rotatable bonds is 7. The normalized spacial score (nSPS) is 20.3. The van der Waals surface area contributed by atoms with Gasteiger partial charge in [-0.2, -0.15) is 0 Å². The number of hydrogen-bond donors (Lipinski definition) is 2. The minimum absolute atomic E-state index is 0.252. The van der Waals surface area contributed by atoms with E-state index in [1.54, 1.807) is 12.3 Å². The largest absolute Gasteiger partial charge is 0.379 e. The average Bonchev–Trinajstić information content (AvgIpc) is 3.66. The zero-order valence-electron chi connectivity index (χ0n) is 24.5. The molecule has 1 aromatic carbocycles. The Morgan fingerprint density at radius 1 is 1.00 bits per heavy atom. The van der Waals surface area contributed by atoms with Crippen LogP contribution < -0.4 is 10.6 Å². The quantitative estimate of drug-likeness (QED) is 0.332. The van der Waals surface area contributed by atoms with Crippen LogP contribution >= 0.6 is 0 Å². The lowest BCUT2D eigenvalue weighted by molar-refractivity contribution is -0.138. The number of amides is 1. The van der Waals surface area contributed by atoms with Gasteiger partial charge in [0, 0.05) is 62.9 Å². The van der Waals surface area contributed by atoms with Crippen LogP contribution in [0.15, 0.2) is 24.4 Å². The van der Waals surface area contributed by atoms with Crippen LogP contribution in [0.3, 0.4) is 0 Å². The zero-order valence-corrected chi connectivity index (χ0v) is 24.5. The fourth-order valence-corrected chi connectivity index (χ4v) is 6.92. The van der Waals surface area contributed by atoms with Crippen LogP contribution in [0, 0.1) is 5.82 Å². The Kier molecular flexibility index (Phi) is 7.49. The molecule has 13 heteroatoms. The van der Waals surface area contributed by atoms with Crippen molar-refractivity contribution in [3.8, 4) is 11.4 Å². The Balaban J connectivity index is 1.25. The second-order valence-electron chi connectivity index (χ2n) is 11.5. The number of ether oxygens (including phenoxy) is 2. The van der Waals surface area contributed by atoms with Gasteiger partial charge in [0.05, 0.1) is 38.5 Å². The summed E-state index contributed by atoms with van der Waals surface area (Å²) in [6, 6.07) is 5.05. The van der Waals surface area contributed by atoms with Crippen molar-refractivity contribution in [2.45, 2.75) is 38.4 Å². The SMILES string of the molecule is CCn1c(CN2CCC(C(N)=O)(N3CCOCC3)CC2)nc2c(N3CCOCC3)nc(-c3c(F)ccc4[nH]ccc34)nc21. The molecule has 3 saturated heterocycles. The molecular weight excluding hydrogens is 553 g/mol. The number of imidazole rings is 1. The number of anilines is 1. The second-order valence-corrected chi connectivity index (χ2v) is 11.5. The first-order valence-electron chi connectivity index (χ1n) is 15.2. The van der Waals surface area contributed by atoms with Crippen molar-refractivity contribution in [2.24, 2.45) is 5.73 Å². The maximum atomic E-state index is 15.4. The average molecular weight is 592 g/mol. The molecule has 4 aromatic rings. The number of H-pyrrole nitrogens is 1. The molecule has 1 amide bonds. The number of nitrogens with two attached hydrogens (primary N) is 1. The van der Waals surface area contributed by atoms with Crippen LogP contribution in [0.2, 0.25) is 0 Å². The van der Waals surface area contributed by atoms with Crippen LogP contribution in [0.1, 0.15) is 25.6 Å². The number of benzene rings is 1. The summed E-state index contributed by atoms with van der Waals surface area (Å²) in [5.74, 6) is 1.29. The Bertz CT molecular complexity index is 1630. The van der Waals surface area contributed by atoms with E-state index in [4.69, 9.17) is 30.2 Å². The Hall–Kier alpha value is -3.65. The van der Waals surface area contributed by atoms with Gasteiger partial charge in [0.15, 0.2) is 22.8 Å². The first-order chi connectivity index (χ1) is 21.0. The number of nitrogens with one attached hydrogen (secondary N) is 1. The van der Waals surface area contributed by atoms with Gasteiger partial charge in [-0.15, -0.1) is 0 Å². The number of halogens is 1. The summed E-state index contributed by atoms with van der Waals surface area (Å²) >= 11 is 0. The number of primary amides is 1. The van der Waals surface area contributed by atoms with E-state index in [0.717, 1.165) is 42.9 Å². The highest BCUT2D eigenvalue weighted by Gasteiger charge is 2.45. The van der Waals surface area contributed by atoms with Crippen molar-refractivity contribution in [1.82, 2.24) is 34.3 Å². The van der Waals surface area contributed by atoms with Gasteiger partial charge in [-0.3, -0.25) is 14.6 Å². The molecule has 0 atom stereocenters. The van der Waals surface area contributed by atoms with Gasteiger partial charge in [-0.1, -0.05) is 0 Å². The molecule has 3 aliphatic heterocycles. The Morgan fingerprint density at radius 2 is 1.72 bits per heavy atom. The van der Waals surface area contributed by atoms with E-state index < -0.39 is 5.54 Å². The van der Waals surface area contributed by atoms with E-state index in [9.17, 15) is 4.79 Å². The molecule has 0 unspecified atom stereocenters. The van der Waals surface area contributed by atoms with Crippen LogP contribution in [0.5, 0.6) is 0 Å². The third kappa shape index (κ3) is 4.93. The van der Waals surface area contributed by atoms with Crippen molar-refractivity contribution in [1.29, 1.82) is 0 Å². The first kappa shape index (κ1) is 28.1. The van der Waals surface area contributed by atoms with Crippen LogP contribution in [0.25, 0.3) is 33.5 Å². The molecule has 43 heavy (non-hydrogen) atoms. The Labute approximate surface area is 248 Å². The van der Waals surface area contributed by atoms with Gasteiger partial charge in [0.25, 0.3) is 0 Å². The molecule has 228 valence electrons. The number of aryl methyl sites for hydroxylation is 1. The lowest BCUT2D eigenvalue weighted by Gasteiger charge is -2.47. The minimum Gasteiger partial charge on any atom is -0.379 e. The summed E-state index contributed by atoms with van der Waals surface area (Å²) < 4.78 is 28.7. The molecule has 3 aliphatic rings. The van der Waals surface area contributed by atoms with Crippen LogP contribution in [0.4, 0.5) is 10.2 Å². The summed E-state index contributed by atoms with van der Waals surface area (Å²) in [5, 5.41) is 0.738. The Morgan fingerprint density at radius 3 is 2.42 bits per heavy atom. The number of nitrogens with zero attached hydrogens (tertiary/aromatic N) is 7. The van der Waals surface area contributed by atoms with Crippen molar-refractivity contribution in [3.63, 3.8) is 0 Å². The number of likely N-dealkylation sites (tertiary alicyclic amines) is 1. The number of hydrogen-bond acceptors (Lipinski definition) is 9. The van der Waals surface area contributed by atoms with Gasteiger partial charge < -0.3 is 29.7 Å². The van der Waals surface area contributed by atoms with E-state index in [-0.39, 0.29) is 11.7 Å². The number of aromatic nitrogens is 5. The fraction of sp³-hybridized carbons (Fsp3) is 0.533. The summed E-state index contributed by atoms with van der Waals surface area (Å²) in [6.07, 6.45) is 3.13. The van der Waals surface area contributed by atoms with Gasteiger partial charge in [-0.05, 0) is 38.0 Å². The molecule has 12 nitrogen and oxygen atoms in total. The summed E-state index contributed by atoms with van der Waals surface area (Å²) in [5.41, 5.74) is 7.96. The molecule has 6 heterocycles. The van der Waals surface area contributed by atoms with E-state index in [1.807, 2.05) is 6.07 Å². The number of aromatic amines is 1. The number of fused-ring (bicyclic) bond motifs is 2. The van der Waals surface area contributed by atoms with Crippen LogP contribution in [-0.2, 0) is 27.4 Å². The molecule has 0 spiro atoms. The predicted octanol–water partition coefficient (Wildman–Crippen LogP) is 2.12. The van der Waals surface area contributed by atoms with Gasteiger partial charge in [-0.25, -0.2) is 19.3 Å². The highest BCUT2D eigenvalue weighted by Crippen LogP contribution is 2.35. The molecule has 3 aromatic heterocycles. The standard InChI is InChI=1S/C30H38FN9O3/c1-2-40-23(19-37-9-6-30(7-10-37,29(32)41)39-13-17-43-18-14-39)34-25-27(38-11-15-42-16-12-38)35-26(36-28(25)40)24-20-5-8-33-22(20)4-3-21(24)31/h3-5,8,33H,2,6-7,9-19H2,1H3,(H2,32,41). The lowest BCUT2D eigenvalue weighted by atomic mass is 9.84. The van der Waals surface area contributed by atoms with Crippen molar-refractivity contribution in [2.75, 3.05) is 70.6 Å². The highest BCUT2D eigenvalue weighted by atomic mass is 19.1. The number of carbonyl (C=O) groups excluding carboxylic acids is 1. The molecule has 0 radical (unpaired) electrons. The third-order valence-corrected chi connectivity index (χ3v) is 9.31. The fourth-order valence-electron chi connectivity index (χ4n) is 6.92. The number of carbonyl (C=O) groups is 1. The molecule has 0 saturated carbocycles. The van der Waals surface area contributed by atoms with E-state index in [0.29, 0.717) is 93.8 Å². The second kappa shape index (κ2) is 11.5. The molecule has 3 fully saturated rings. The molecule has 7 rings (SSSR count). The molecule has 0 aliphatic carbocycles. The summed E-state index contributed by atoms with van der Waals surface area (Å²) in [7, 11) is 0. The van der Waals surface area contributed by atoms with Crippen molar-refractivity contribution >= 4 is 33.8 Å². The summed E-state index contributed by atoms with van der Waals surface area (Å²) in [6.45, 7) is 9.95. The van der Waals surface area contributed by atoms with E-state index in [2.05, 4.69) is 31.2 Å². The van der Waals surface area contributed by atoms with Crippen molar-refractivity contribution in [3.05, 3.63) is 36.0 Å². The number of piperidine rings is 1. The van der Waals surface area contributed by atoms with Gasteiger partial charge >= 0.3 is 0 Å². The third-order valence-electron chi connectivity index (χ3n) is 9.31. The maximum Gasteiger partial charge on any atom is 0.238 e. The van der Waals surface area contributed by atoms with E-state index >= 15 is 4.39 Å². The van der Waals surface area contributed by atoms with Crippen molar-refractivity contribution < 1.29 is 18.7 Å². The highest BCUT2D eigenvalue weighted by molar-refractivity contribution is 5.95. The minimum atomic E-state index is -0.641. The van der Waals surface area contributed by atoms with Gasteiger partial charge in [0.1, 0.15) is 17.2 Å². The smallest absolute Gasteiger partial charge is 0.238 e. The predicted molar refractivity (Wildman–Crippen MR) is 160 cm³/mol. The summed E-state index contributed by atoms with van der Waals surface area (Å²) in [4.78, 5) is 37.6. The number of morpholine rings is 2. The topological polar surface area (TPSA) is 131 Å².